The SMILES string of the molecule is Cc1cccc(N2CCN(S(=O)(=O)c3nn(C)cc3C(=O)Nc3cccc(C#N)c3)CC2)c1C. The number of anilines is 2. The molecule has 1 aliphatic rings. The van der Waals surface area contributed by atoms with Crippen molar-refractivity contribution in [2.45, 2.75) is 18.9 Å². The molecule has 176 valence electrons. The molecule has 1 aliphatic heterocycles. The zero-order chi connectivity index (χ0) is 24.5. The molecule has 0 radical (unpaired) electrons. The van der Waals surface area contributed by atoms with Gasteiger partial charge in [0.25, 0.3) is 15.9 Å². The maximum atomic E-state index is 13.5. The van der Waals surface area contributed by atoms with E-state index in [0.717, 1.165) is 5.69 Å². The van der Waals surface area contributed by atoms with Crippen LogP contribution in [0.2, 0.25) is 0 Å². The molecule has 9 nitrogen and oxygen atoms in total. The fourth-order valence-electron chi connectivity index (χ4n) is 4.05. The van der Waals surface area contributed by atoms with Crippen molar-refractivity contribution in [3.05, 3.63) is 70.9 Å². The van der Waals surface area contributed by atoms with Crippen molar-refractivity contribution in [1.29, 1.82) is 5.26 Å². The van der Waals surface area contributed by atoms with Crippen LogP contribution in [0, 0.1) is 25.2 Å². The number of nitriles is 1. The highest BCUT2D eigenvalue weighted by atomic mass is 32.2. The molecule has 1 N–H and O–H groups in total. The molecule has 1 saturated heterocycles. The molecule has 2 aromatic carbocycles. The molecule has 0 unspecified atom stereocenters. The third kappa shape index (κ3) is 4.53. The first-order chi connectivity index (χ1) is 16.2. The highest BCUT2D eigenvalue weighted by molar-refractivity contribution is 7.89. The number of carbonyl (C=O) groups excluding carboxylic acids is 1. The van der Waals surface area contributed by atoms with Gasteiger partial charge in [-0.05, 0) is 49.2 Å². The van der Waals surface area contributed by atoms with Crippen molar-refractivity contribution < 1.29 is 13.2 Å². The van der Waals surface area contributed by atoms with E-state index in [1.165, 1.54) is 32.4 Å². The van der Waals surface area contributed by atoms with E-state index < -0.39 is 15.9 Å². The largest absolute Gasteiger partial charge is 0.369 e. The van der Waals surface area contributed by atoms with Crippen molar-refractivity contribution in [3.8, 4) is 6.07 Å². The van der Waals surface area contributed by atoms with Crippen molar-refractivity contribution in [3.63, 3.8) is 0 Å². The molecule has 1 fully saturated rings. The molecule has 0 spiro atoms. The van der Waals surface area contributed by atoms with Crippen molar-refractivity contribution in [2.24, 2.45) is 7.05 Å². The number of rotatable bonds is 5. The van der Waals surface area contributed by atoms with Crippen LogP contribution in [0.15, 0.2) is 53.7 Å². The highest BCUT2D eigenvalue weighted by Gasteiger charge is 2.34. The Kier molecular flexibility index (Phi) is 6.41. The van der Waals surface area contributed by atoms with E-state index in [1.54, 1.807) is 25.2 Å². The third-order valence-electron chi connectivity index (χ3n) is 6.03. The Bertz CT molecular complexity index is 1380. The Balaban J connectivity index is 1.54. The number of sulfonamides is 1. The first-order valence-electron chi connectivity index (χ1n) is 10.9. The predicted octanol–water partition coefficient (Wildman–Crippen LogP) is 2.67. The van der Waals surface area contributed by atoms with Crippen LogP contribution < -0.4 is 10.2 Å². The quantitative estimate of drug-likeness (QED) is 0.604. The monoisotopic (exact) mass is 478 g/mol. The molecule has 10 heteroatoms. The Hall–Kier alpha value is -3.68. The minimum absolute atomic E-state index is 0.0400. The number of amides is 1. The average Bonchev–Trinajstić information content (AvgIpc) is 3.24. The number of aromatic nitrogens is 2. The molecule has 1 amide bonds. The summed E-state index contributed by atoms with van der Waals surface area (Å²) < 4.78 is 29.6. The first-order valence-corrected chi connectivity index (χ1v) is 12.3. The lowest BCUT2D eigenvalue weighted by atomic mass is 10.1. The summed E-state index contributed by atoms with van der Waals surface area (Å²) in [5.41, 5.74) is 4.23. The number of carbonyl (C=O) groups is 1. The maximum absolute atomic E-state index is 13.5. The van der Waals surface area contributed by atoms with Gasteiger partial charge in [-0.3, -0.25) is 9.48 Å². The van der Waals surface area contributed by atoms with Crippen LogP contribution in [0.25, 0.3) is 0 Å². The predicted molar refractivity (Wildman–Crippen MR) is 129 cm³/mol. The number of aryl methyl sites for hydroxylation is 2. The van der Waals surface area contributed by atoms with Crippen LogP contribution in [0.1, 0.15) is 27.0 Å². The summed E-state index contributed by atoms with van der Waals surface area (Å²) in [4.78, 5) is 15.1. The van der Waals surface area contributed by atoms with Gasteiger partial charge in [0.15, 0.2) is 0 Å². The molecule has 34 heavy (non-hydrogen) atoms. The molecule has 0 saturated carbocycles. The van der Waals surface area contributed by atoms with Crippen molar-refractivity contribution >= 4 is 27.3 Å². The number of nitrogens with zero attached hydrogens (tertiary/aromatic N) is 5. The summed E-state index contributed by atoms with van der Waals surface area (Å²) >= 11 is 0. The Morgan fingerprint density at radius 2 is 1.79 bits per heavy atom. The Morgan fingerprint density at radius 3 is 2.50 bits per heavy atom. The number of piperazine rings is 1. The lowest BCUT2D eigenvalue weighted by Crippen LogP contribution is -2.49. The van der Waals surface area contributed by atoms with Crippen LogP contribution in [-0.2, 0) is 17.1 Å². The van der Waals surface area contributed by atoms with E-state index >= 15 is 0 Å². The third-order valence-corrected chi connectivity index (χ3v) is 7.86. The van der Waals surface area contributed by atoms with Crippen LogP contribution in [0.3, 0.4) is 0 Å². The normalized spacial score (nSPS) is 14.6. The van der Waals surface area contributed by atoms with E-state index in [2.05, 4.69) is 41.3 Å². The number of benzene rings is 2. The topological polar surface area (TPSA) is 111 Å². The summed E-state index contributed by atoms with van der Waals surface area (Å²) in [6.07, 6.45) is 1.39. The molecular weight excluding hydrogens is 452 g/mol. The van der Waals surface area contributed by atoms with Gasteiger partial charge in [0.05, 0.1) is 17.2 Å². The van der Waals surface area contributed by atoms with Crippen LogP contribution in [-0.4, -0.2) is 54.6 Å². The summed E-state index contributed by atoms with van der Waals surface area (Å²) in [5.74, 6) is -0.601. The molecule has 2 heterocycles. The zero-order valence-corrected chi connectivity index (χ0v) is 20.1. The van der Waals surface area contributed by atoms with E-state index in [1.807, 2.05) is 12.1 Å². The number of hydrogen-bond acceptors (Lipinski definition) is 6. The lowest BCUT2D eigenvalue weighted by molar-refractivity contribution is 0.102. The van der Waals surface area contributed by atoms with Gasteiger partial charge in [0.1, 0.15) is 0 Å². The average molecular weight is 479 g/mol. The van der Waals surface area contributed by atoms with E-state index in [9.17, 15) is 13.2 Å². The maximum Gasteiger partial charge on any atom is 0.263 e. The minimum Gasteiger partial charge on any atom is -0.369 e. The smallest absolute Gasteiger partial charge is 0.263 e. The van der Waals surface area contributed by atoms with Gasteiger partial charge in [0.2, 0.25) is 5.03 Å². The van der Waals surface area contributed by atoms with Crippen molar-refractivity contribution in [1.82, 2.24) is 14.1 Å². The summed E-state index contributed by atoms with van der Waals surface area (Å²) in [5, 5.41) is 15.6. The zero-order valence-electron chi connectivity index (χ0n) is 19.3. The lowest BCUT2D eigenvalue weighted by Gasteiger charge is -2.36. The molecule has 3 aromatic rings. The van der Waals surface area contributed by atoms with Crippen LogP contribution in [0.4, 0.5) is 11.4 Å². The standard InChI is InChI=1S/C24H26N6O3S/c1-17-6-4-9-22(18(17)2)29-10-12-30(13-11-29)34(32,33)24-21(16-28(3)27-24)23(31)26-20-8-5-7-19(14-20)15-25/h4-9,14,16H,10-13H2,1-3H3,(H,26,31). The van der Waals surface area contributed by atoms with Crippen molar-refractivity contribution in [2.75, 3.05) is 36.4 Å². The highest BCUT2D eigenvalue weighted by Crippen LogP contribution is 2.26. The first kappa shape index (κ1) is 23.5. The van der Waals surface area contributed by atoms with Gasteiger partial charge < -0.3 is 10.2 Å². The number of hydrogen-bond donors (Lipinski definition) is 1. The molecule has 1 aromatic heterocycles. The summed E-state index contributed by atoms with van der Waals surface area (Å²) in [6.45, 7) is 5.79. The summed E-state index contributed by atoms with van der Waals surface area (Å²) in [6, 6.07) is 14.5. The summed E-state index contributed by atoms with van der Waals surface area (Å²) in [7, 11) is -2.41. The number of nitrogens with one attached hydrogen (secondary N) is 1. The van der Waals surface area contributed by atoms with Gasteiger partial charge >= 0.3 is 0 Å². The van der Waals surface area contributed by atoms with Gasteiger partial charge in [0, 0.05) is 50.8 Å². The Morgan fingerprint density at radius 1 is 1.09 bits per heavy atom. The minimum atomic E-state index is -3.98. The van der Waals surface area contributed by atoms with Gasteiger partial charge in [-0.15, -0.1) is 0 Å². The van der Waals surface area contributed by atoms with Gasteiger partial charge in [-0.25, -0.2) is 8.42 Å². The molecule has 4 rings (SSSR count). The van der Waals surface area contributed by atoms with Gasteiger partial charge in [-0.2, -0.15) is 14.7 Å². The second-order valence-electron chi connectivity index (χ2n) is 8.28. The van der Waals surface area contributed by atoms with Crippen LogP contribution in [0.5, 0.6) is 0 Å². The molecule has 0 aliphatic carbocycles. The fraction of sp³-hybridized carbons (Fsp3) is 0.292. The fourth-order valence-corrected chi connectivity index (χ4v) is 5.59. The van der Waals surface area contributed by atoms with E-state index in [0.29, 0.717) is 24.3 Å². The van der Waals surface area contributed by atoms with Crippen LogP contribution >= 0.6 is 0 Å². The Labute approximate surface area is 199 Å². The second-order valence-corrected chi connectivity index (χ2v) is 10.1. The van der Waals surface area contributed by atoms with E-state index in [-0.39, 0.29) is 23.7 Å². The molecular formula is C24H26N6O3S. The second kappa shape index (κ2) is 9.29. The van der Waals surface area contributed by atoms with E-state index in [4.69, 9.17) is 5.26 Å². The molecule has 0 atom stereocenters. The molecule has 0 bridgehead atoms. The van der Waals surface area contributed by atoms with Gasteiger partial charge in [-0.1, -0.05) is 18.2 Å².